The molecule has 0 heterocycles. The van der Waals surface area contributed by atoms with Crippen molar-refractivity contribution >= 4 is 21.6 Å². The molecule has 9 heteroatoms. The van der Waals surface area contributed by atoms with Crippen molar-refractivity contribution < 1.29 is 27.4 Å². The minimum Gasteiger partial charge on any atom is -0.497 e. The number of amides is 1. The molecular formula is C24H23FN2O5S. The van der Waals surface area contributed by atoms with Gasteiger partial charge in [0.25, 0.3) is 5.91 Å². The molecule has 0 aliphatic heterocycles. The van der Waals surface area contributed by atoms with Crippen LogP contribution in [0.5, 0.6) is 5.75 Å². The van der Waals surface area contributed by atoms with Gasteiger partial charge in [0.2, 0.25) is 10.0 Å². The predicted molar refractivity (Wildman–Crippen MR) is 121 cm³/mol. The van der Waals surface area contributed by atoms with Crippen LogP contribution in [0.25, 0.3) is 0 Å². The lowest BCUT2D eigenvalue weighted by Crippen LogP contribution is -2.39. The quantitative estimate of drug-likeness (QED) is 0.512. The summed E-state index contributed by atoms with van der Waals surface area (Å²) in [6.45, 7) is 0. The number of hydrogen-bond acceptors (Lipinski definition) is 5. The molecule has 1 aliphatic rings. The first-order chi connectivity index (χ1) is 15.8. The molecule has 3 N–H and O–H groups in total. The molecule has 172 valence electrons. The van der Waals surface area contributed by atoms with Crippen LogP contribution in [0.3, 0.4) is 0 Å². The number of benzene rings is 3. The van der Waals surface area contributed by atoms with E-state index < -0.39 is 32.9 Å². The number of halogens is 1. The third-order valence-electron chi connectivity index (χ3n) is 5.57. The van der Waals surface area contributed by atoms with E-state index in [2.05, 4.69) is 10.0 Å². The number of carbonyl (C=O) groups excluding carboxylic acids is 1. The Hall–Kier alpha value is -3.27. The minimum atomic E-state index is -4.24. The topological polar surface area (TPSA) is 105 Å². The maximum atomic E-state index is 14.1. The molecule has 7 nitrogen and oxygen atoms in total. The van der Waals surface area contributed by atoms with Gasteiger partial charge in [-0.25, -0.2) is 17.5 Å². The number of rotatable bonds is 6. The fourth-order valence-corrected chi connectivity index (χ4v) is 5.20. The van der Waals surface area contributed by atoms with Crippen molar-refractivity contribution in [1.82, 2.24) is 4.72 Å². The van der Waals surface area contributed by atoms with Crippen LogP contribution in [0, 0.1) is 5.82 Å². The molecule has 1 aliphatic carbocycles. The second-order valence-electron chi connectivity index (χ2n) is 7.74. The average Bonchev–Trinajstić information content (AvgIpc) is 2.81. The summed E-state index contributed by atoms with van der Waals surface area (Å²) in [4.78, 5) is 12.2. The summed E-state index contributed by atoms with van der Waals surface area (Å²) in [6.07, 6.45) is -0.130. The Bertz CT molecular complexity index is 1300. The van der Waals surface area contributed by atoms with E-state index in [0.717, 1.165) is 11.6 Å². The highest BCUT2D eigenvalue weighted by molar-refractivity contribution is 7.89. The van der Waals surface area contributed by atoms with Gasteiger partial charge in [-0.1, -0.05) is 24.3 Å². The fraction of sp³-hybridized carbons (Fsp3) is 0.208. The Balaban J connectivity index is 1.62. The first-order valence-electron chi connectivity index (χ1n) is 10.3. The zero-order valence-corrected chi connectivity index (χ0v) is 18.6. The SMILES string of the molecule is COc1cccc(C(=O)Nc2ccc3c(c2)[C@@H](NS(=O)(=O)c2ccccc2F)[C@H](O)CC3)c1. The number of hydrogen-bond donors (Lipinski definition) is 3. The largest absolute Gasteiger partial charge is 0.497 e. The van der Waals surface area contributed by atoms with Crippen LogP contribution in [-0.4, -0.2) is 32.6 Å². The number of fused-ring (bicyclic) bond motifs is 1. The monoisotopic (exact) mass is 470 g/mol. The van der Waals surface area contributed by atoms with Crippen LogP contribution in [-0.2, 0) is 16.4 Å². The minimum absolute atomic E-state index is 0.340. The number of anilines is 1. The third-order valence-corrected chi connectivity index (χ3v) is 7.05. The molecule has 0 bridgehead atoms. The van der Waals surface area contributed by atoms with Crippen LogP contribution < -0.4 is 14.8 Å². The van der Waals surface area contributed by atoms with Crippen molar-refractivity contribution in [2.24, 2.45) is 0 Å². The highest BCUT2D eigenvalue weighted by Gasteiger charge is 2.33. The van der Waals surface area contributed by atoms with E-state index in [1.807, 2.05) is 0 Å². The van der Waals surface area contributed by atoms with Crippen molar-refractivity contribution in [1.29, 1.82) is 0 Å². The Kier molecular flexibility index (Phi) is 6.46. The van der Waals surface area contributed by atoms with Crippen LogP contribution in [0.15, 0.2) is 71.6 Å². The van der Waals surface area contributed by atoms with Gasteiger partial charge >= 0.3 is 0 Å². The van der Waals surface area contributed by atoms with Gasteiger partial charge in [0.05, 0.1) is 19.3 Å². The van der Waals surface area contributed by atoms with Gasteiger partial charge < -0.3 is 15.2 Å². The molecule has 1 amide bonds. The highest BCUT2D eigenvalue weighted by Crippen LogP contribution is 2.34. The summed E-state index contributed by atoms with van der Waals surface area (Å²) >= 11 is 0. The summed E-state index contributed by atoms with van der Waals surface area (Å²) in [6, 6.07) is 15.9. The first-order valence-corrected chi connectivity index (χ1v) is 11.8. The third kappa shape index (κ3) is 4.90. The second kappa shape index (κ2) is 9.30. The molecule has 2 atom stereocenters. The number of methoxy groups -OCH3 is 1. The van der Waals surface area contributed by atoms with Crippen molar-refractivity contribution in [3.63, 3.8) is 0 Å². The van der Waals surface area contributed by atoms with Gasteiger partial charge in [0.1, 0.15) is 16.5 Å². The van der Waals surface area contributed by atoms with E-state index in [9.17, 15) is 22.7 Å². The van der Waals surface area contributed by atoms with E-state index in [4.69, 9.17) is 4.74 Å². The highest BCUT2D eigenvalue weighted by atomic mass is 32.2. The smallest absolute Gasteiger partial charge is 0.255 e. The zero-order valence-electron chi connectivity index (χ0n) is 17.8. The van der Waals surface area contributed by atoms with Crippen LogP contribution in [0.4, 0.5) is 10.1 Å². The first kappa shape index (κ1) is 22.9. The summed E-state index contributed by atoms with van der Waals surface area (Å²) in [5.41, 5.74) is 2.19. The number of ether oxygens (including phenoxy) is 1. The van der Waals surface area contributed by atoms with Crippen LogP contribution in [0.2, 0.25) is 0 Å². The Labute approximate surface area is 191 Å². The van der Waals surface area contributed by atoms with Crippen molar-refractivity contribution in [2.45, 2.75) is 29.9 Å². The predicted octanol–water partition coefficient (Wildman–Crippen LogP) is 3.41. The molecule has 0 spiro atoms. The molecular weight excluding hydrogens is 447 g/mol. The summed E-state index contributed by atoms with van der Waals surface area (Å²) in [7, 11) is -2.73. The summed E-state index contributed by atoms with van der Waals surface area (Å²) < 4.78 is 47.4. The lowest BCUT2D eigenvalue weighted by Gasteiger charge is -2.31. The van der Waals surface area contributed by atoms with Crippen LogP contribution in [0.1, 0.15) is 33.9 Å². The normalized spacial score (nSPS) is 17.8. The Morgan fingerprint density at radius 2 is 1.88 bits per heavy atom. The molecule has 0 saturated carbocycles. The number of sulfonamides is 1. The van der Waals surface area contributed by atoms with E-state index in [1.54, 1.807) is 42.5 Å². The van der Waals surface area contributed by atoms with Crippen molar-refractivity contribution in [2.75, 3.05) is 12.4 Å². The standard InChI is InChI=1S/C24H23FN2O5S/c1-32-18-6-4-5-16(13-18)24(29)26-17-11-9-15-10-12-21(28)23(19(15)14-17)27-33(30,31)22-8-3-2-7-20(22)25/h2-9,11,13-14,21,23,27-28H,10,12H2,1H3,(H,26,29)/t21-,23-/m1/s1. The number of aliphatic hydroxyl groups is 1. The Morgan fingerprint density at radius 3 is 2.64 bits per heavy atom. The second-order valence-corrected chi connectivity index (χ2v) is 9.42. The van der Waals surface area contributed by atoms with Gasteiger partial charge in [-0.15, -0.1) is 0 Å². The molecule has 0 radical (unpaired) electrons. The van der Waals surface area contributed by atoms with E-state index in [0.29, 0.717) is 35.4 Å². The summed E-state index contributed by atoms with van der Waals surface area (Å²) in [5, 5.41) is 13.4. The molecule has 0 fully saturated rings. The van der Waals surface area contributed by atoms with E-state index >= 15 is 0 Å². The molecule has 0 saturated heterocycles. The molecule has 4 rings (SSSR count). The maximum Gasteiger partial charge on any atom is 0.255 e. The zero-order chi connectivity index (χ0) is 23.6. The lowest BCUT2D eigenvalue weighted by atomic mass is 9.86. The van der Waals surface area contributed by atoms with E-state index in [-0.39, 0.29) is 5.91 Å². The molecule has 3 aromatic carbocycles. The molecule has 0 unspecified atom stereocenters. The number of aryl methyl sites for hydroxylation is 1. The molecule has 33 heavy (non-hydrogen) atoms. The average molecular weight is 471 g/mol. The number of nitrogens with one attached hydrogen (secondary N) is 2. The van der Waals surface area contributed by atoms with Crippen molar-refractivity contribution in [3.8, 4) is 5.75 Å². The van der Waals surface area contributed by atoms with Gasteiger partial charge in [0.15, 0.2) is 0 Å². The molecule has 0 aromatic heterocycles. The fourth-order valence-electron chi connectivity index (χ4n) is 3.87. The lowest BCUT2D eigenvalue weighted by molar-refractivity contribution is 0.102. The van der Waals surface area contributed by atoms with Gasteiger partial charge in [-0.05, 0) is 66.4 Å². The van der Waals surface area contributed by atoms with Gasteiger partial charge in [-0.3, -0.25) is 4.79 Å². The van der Waals surface area contributed by atoms with Gasteiger partial charge in [-0.2, -0.15) is 0 Å². The number of aliphatic hydroxyl groups excluding tert-OH is 1. The summed E-state index contributed by atoms with van der Waals surface area (Å²) in [5.74, 6) is -0.706. The van der Waals surface area contributed by atoms with Crippen LogP contribution >= 0.6 is 0 Å². The maximum absolute atomic E-state index is 14.1. The Morgan fingerprint density at radius 1 is 1.09 bits per heavy atom. The van der Waals surface area contributed by atoms with Gasteiger partial charge in [0, 0.05) is 11.3 Å². The van der Waals surface area contributed by atoms with Crippen molar-refractivity contribution in [3.05, 3.63) is 89.2 Å². The molecule has 3 aromatic rings. The number of carbonyl (C=O) groups is 1. The van der Waals surface area contributed by atoms with E-state index in [1.165, 1.54) is 25.3 Å².